The maximum atomic E-state index is 13.8. The third kappa shape index (κ3) is 21.6. The molecular weight excluding hydrogens is 1660 g/mol. The number of morpholine rings is 4. The highest BCUT2D eigenvalue weighted by molar-refractivity contribution is 6.38. The van der Waals surface area contributed by atoms with Crippen LogP contribution in [0.2, 0.25) is 5.02 Å². The molecule has 5 saturated heterocycles. The lowest BCUT2D eigenvalue weighted by molar-refractivity contribution is -0.111. The summed E-state index contributed by atoms with van der Waals surface area (Å²) >= 11 is 6.11. The van der Waals surface area contributed by atoms with Gasteiger partial charge in [0.05, 0.1) is 110 Å². The van der Waals surface area contributed by atoms with Gasteiger partial charge in [0.1, 0.15) is 17.5 Å². The van der Waals surface area contributed by atoms with Crippen LogP contribution in [0, 0.1) is 72.8 Å². The smallest absolute Gasteiger partial charge is 0.256 e. The van der Waals surface area contributed by atoms with Crippen molar-refractivity contribution in [3.05, 3.63) is 208 Å². The molecule has 34 heteroatoms. The molecule has 17 rings (SSSR count). The quantitative estimate of drug-likeness (QED) is 0.0316. The second-order valence-corrected chi connectivity index (χ2v) is 33.3. The van der Waals surface area contributed by atoms with E-state index in [2.05, 4.69) is 76.8 Å². The summed E-state index contributed by atoms with van der Waals surface area (Å²) in [6, 6.07) is 18.3. The molecule has 4 aromatic heterocycles. The molecule has 0 saturated carbocycles. The Labute approximate surface area is 738 Å². The van der Waals surface area contributed by atoms with E-state index in [4.69, 9.17) is 30.5 Å². The summed E-state index contributed by atoms with van der Waals surface area (Å²) in [6.45, 7) is 31.1. The molecule has 672 valence electrons. The van der Waals surface area contributed by atoms with E-state index in [1.54, 1.807) is 68.5 Å². The molecule has 0 spiro atoms. The van der Waals surface area contributed by atoms with Crippen LogP contribution >= 0.6 is 11.6 Å². The number of fused-ring (bicyclic) bond motifs is 4. The number of aryl methyl sites for hydroxylation is 4. The molecule has 127 heavy (non-hydrogen) atoms. The van der Waals surface area contributed by atoms with E-state index in [1.165, 1.54) is 42.5 Å². The van der Waals surface area contributed by atoms with Crippen molar-refractivity contribution in [2.24, 2.45) is 0 Å². The first-order valence-corrected chi connectivity index (χ1v) is 43.2. The number of carbonyl (C=O) groups excluding carboxylic acids is 8. The van der Waals surface area contributed by atoms with Crippen LogP contribution in [0.4, 0.5) is 35.9 Å². The lowest BCUT2D eigenvalue weighted by Gasteiger charge is -2.40. The predicted molar refractivity (Wildman–Crippen MR) is 480 cm³/mol. The van der Waals surface area contributed by atoms with Crippen LogP contribution in [0.3, 0.4) is 0 Å². The fourth-order valence-corrected chi connectivity index (χ4v) is 17.6. The highest BCUT2D eigenvalue weighted by atomic mass is 35.5. The molecule has 8 aromatic rings. The number of aliphatic hydroxyl groups is 2. The number of aromatic amines is 4. The van der Waals surface area contributed by atoms with E-state index in [0.29, 0.717) is 181 Å². The number of piperidine rings is 1. The number of rotatable bonds is 20. The first-order valence-electron chi connectivity index (χ1n) is 42.8. The largest absolute Gasteiger partial charge is 0.390 e. The Kier molecular flexibility index (Phi) is 29.6. The summed E-state index contributed by atoms with van der Waals surface area (Å²) in [5, 5.41) is 40.8. The van der Waals surface area contributed by atoms with Crippen molar-refractivity contribution in [1.29, 1.82) is 0 Å². The van der Waals surface area contributed by atoms with E-state index in [-0.39, 0.29) is 60.3 Å². The molecule has 0 unspecified atom stereocenters. The molecule has 0 radical (unpaired) electrons. The van der Waals surface area contributed by atoms with Crippen LogP contribution in [-0.2, 0) is 38.1 Å². The van der Waals surface area contributed by atoms with Gasteiger partial charge in [-0.05, 0) is 188 Å². The normalized spacial score (nSPS) is 19.0. The van der Waals surface area contributed by atoms with Crippen molar-refractivity contribution in [2.75, 3.05) is 179 Å². The SMILES string of the molecule is Cc1[nH]c(/C=C2\C(=O)Nc3ccc(Cl)cc32)c(C)c1C(=O)NC[C@@H](O)CN1CCOCC1.Cc1[nH]c(/C=C2\C(=O)Nc3ccc(F)cc32)c(C)c1C(=O)N1CCC(N2CCOCC2)CC1.Cc1[nH]c(/C=C2\C(=O)Nc3ccc(F)cc32)c(C)c1C(=O)NCCN1CCOCC1.Cc1[nH]c(/C=C2\C(=O)Nc3ccc(F)cc32)c(C)c1C(=O)NC[C@H](O)CN1CCOCC1. The van der Waals surface area contributed by atoms with Crippen molar-refractivity contribution in [3.63, 3.8) is 0 Å². The van der Waals surface area contributed by atoms with Crippen LogP contribution in [0.15, 0.2) is 72.8 Å². The Balaban J connectivity index is 0.000000137. The number of amides is 8. The minimum absolute atomic E-state index is 0.0219. The number of β-amino-alcohol motifs (C(OH)–C–C–N with tert-alkyl or cyclic N) is 2. The van der Waals surface area contributed by atoms with Gasteiger partial charge in [0.25, 0.3) is 47.3 Å². The van der Waals surface area contributed by atoms with Crippen LogP contribution in [0.25, 0.3) is 46.6 Å². The monoisotopic (exact) mass is 1760 g/mol. The van der Waals surface area contributed by atoms with Crippen molar-refractivity contribution in [1.82, 2.24) is 60.4 Å². The summed E-state index contributed by atoms with van der Waals surface area (Å²) in [6.07, 6.45) is 7.34. The number of nitrogens with one attached hydrogen (secondary N) is 11. The van der Waals surface area contributed by atoms with E-state index >= 15 is 0 Å². The highest BCUT2D eigenvalue weighted by Gasteiger charge is 2.35. The van der Waals surface area contributed by atoms with Crippen molar-refractivity contribution < 1.29 is 80.7 Å². The molecule has 8 amide bonds. The second-order valence-electron chi connectivity index (χ2n) is 32.9. The first-order chi connectivity index (χ1) is 61.0. The molecule has 30 nitrogen and oxygen atoms in total. The number of ether oxygens (including phenoxy) is 4. The number of carbonyl (C=O) groups is 8. The minimum Gasteiger partial charge on any atom is -0.390 e. The predicted octanol–water partition coefficient (Wildman–Crippen LogP) is 9.41. The number of nitrogens with zero attached hydrogens (tertiary/aromatic N) is 5. The van der Waals surface area contributed by atoms with Gasteiger partial charge in [-0.3, -0.25) is 58.0 Å². The zero-order valence-corrected chi connectivity index (χ0v) is 73.2. The molecule has 4 aromatic carbocycles. The third-order valence-corrected chi connectivity index (χ3v) is 24.5. The number of H-pyrrole nitrogens is 4. The Morgan fingerprint density at radius 3 is 1.09 bits per heavy atom. The van der Waals surface area contributed by atoms with Gasteiger partial charge in [-0.2, -0.15) is 0 Å². The van der Waals surface area contributed by atoms with Gasteiger partial charge < -0.3 is 91.2 Å². The van der Waals surface area contributed by atoms with Crippen LogP contribution in [-0.4, -0.2) is 278 Å². The summed E-state index contributed by atoms with van der Waals surface area (Å²) in [4.78, 5) is 125. The van der Waals surface area contributed by atoms with Gasteiger partial charge in [-0.25, -0.2) is 13.2 Å². The number of hydrogen-bond acceptors (Lipinski definition) is 18. The summed E-state index contributed by atoms with van der Waals surface area (Å²) < 4.78 is 62.5. The maximum absolute atomic E-state index is 13.8. The number of hydrogen-bond donors (Lipinski definition) is 13. The van der Waals surface area contributed by atoms with Gasteiger partial charge in [0.2, 0.25) is 0 Å². The molecule has 13 heterocycles. The van der Waals surface area contributed by atoms with Crippen LogP contribution in [0.1, 0.15) is 144 Å². The Hall–Kier alpha value is -11.6. The Morgan fingerprint density at radius 1 is 0.425 bits per heavy atom. The number of halogens is 4. The van der Waals surface area contributed by atoms with Crippen molar-refractivity contribution in [2.45, 2.75) is 86.5 Å². The van der Waals surface area contributed by atoms with Gasteiger partial charge >= 0.3 is 0 Å². The van der Waals surface area contributed by atoms with Gasteiger partial charge in [-0.15, -0.1) is 0 Å². The average Bonchev–Trinajstić information content (AvgIpc) is 1.64. The lowest BCUT2D eigenvalue weighted by Crippen LogP contribution is -2.50. The molecule has 2 atom stereocenters. The summed E-state index contributed by atoms with van der Waals surface area (Å²) in [5.41, 5.74) is 16.9. The van der Waals surface area contributed by atoms with Gasteiger partial charge in [0, 0.05) is 206 Å². The van der Waals surface area contributed by atoms with E-state index < -0.39 is 29.7 Å². The molecule has 0 bridgehead atoms. The molecule has 5 fully saturated rings. The Morgan fingerprint density at radius 2 is 0.732 bits per heavy atom. The first kappa shape index (κ1) is 91.6. The fourth-order valence-electron chi connectivity index (χ4n) is 17.5. The van der Waals surface area contributed by atoms with E-state index in [1.807, 2.05) is 46.4 Å². The lowest BCUT2D eigenvalue weighted by atomic mass is 10.00. The maximum Gasteiger partial charge on any atom is 0.256 e. The van der Waals surface area contributed by atoms with E-state index in [9.17, 15) is 61.7 Å². The van der Waals surface area contributed by atoms with Gasteiger partial charge in [-0.1, -0.05) is 11.6 Å². The number of aromatic nitrogens is 4. The van der Waals surface area contributed by atoms with E-state index in [0.717, 1.165) is 145 Å². The number of aliphatic hydroxyl groups excluding tert-OH is 2. The Bertz CT molecular complexity index is 5490. The van der Waals surface area contributed by atoms with Crippen molar-refractivity contribution in [3.8, 4) is 0 Å². The minimum atomic E-state index is -0.688. The number of anilines is 4. The molecular formula is C93H108ClF3N16O14. The molecule has 13 N–H and O–H groups in total. The summed E-state index contributed by atoms with van der Waals surface area (Å²) in [7, 11) is 0. The number of likely N-dealkylation sites (tertiary alicyclic amines) is 1. The summed E-state index contributed by atoms with van der Waals surface area (Å²) in [5.74, 6) is -3.04. The fraction of sp³-hybridized carbons (Fsp3) is 0.398. The third-order valence-electron chi connectivity index (χ3n) is 24.3. The molecule has 9 aliphatic rings. The zero-order valence-electron chi connectivity index (χ0n) is 72.4. The molecule has 9 aliphatic heterocycles. The average molecular weight is 1770 g/mol. The van der Waals surface area contributed by atoms with Crippen molar-refractivity contribution >= 4 is 128 Å². The standard InChI is InChI=1S/C25H29FN4O3.C23H27ClN4O4.C23H27FN4O4.C22H25FN4O3/c1-15-22(14-20-19-13-17(26)3-4-21(19)28-24(20)31)27-16(2)23(15)25(32)30-7-5-18(6-8-30)29-9-11-33-12-10-29;2*1-13-20(10-18-17-9-15(24)3-4-19(17)27-22(18)30)26-14(2)21(13)23(31)25-11-16(29)12-28-5-7-32-8-6-28;1-13-19(12-17-16-11-15(23)3-4-18(16)26-21(17)28)25-14(2)20(13)22(29)24-5-6-27-7-9-30-10-8-27/h3-4,13-14,18,27H,5-12H2,1-2H3,(H,28,31);2*3-4,9-10,16,26,29H,5-8,11-12H2,1-2H3,(H,25,31)(H,27,30);3-4,11-12,25H,5-10H2,1-2H3,(H,24,29)(H,26,28)/b20-14-;2*18-10-;17-12-/t;2*16-;/m.10./s1. The zero-order chi connectivity index (χ0) is 90.0. The highest BCUT2D eigenvalue weighted by Crippen LogP contribution is 2.40. The second kappa shape index (κ2) is 41.0. The number of benzene rings is 4. The van der Waals surface area contributed by atoms with Crippen LogP contribution in [0.5, 0.6) is 0 Å². The van der Waals surface area contributed by atoms with Crippen LogP contribution < -0.4 is 37.2 Å². The molecule has 0 aliphatic carbocycles. The van der Waals surface area contributed by atoms with Gasteiger partial charge in [0.15, 0.2) is 0 Å². The topological polar surface area (TPSA) is 378 Å².